The molecule has 98 valence electrons. The van der Waals surface area contributed by atoms with Gasteiger partial charge in [0.2, 0.25) is 0 Å². The third-order valence-electron chi connectivity index (χ3n) is 2.84. The number of nitrogens with zero attached hydrogens (tertiary/aromatic N) is 2. The zero-order valence-corrected chi connectivity index (χ0v) is 11.3. The van der Waals surface area contributed by atoms with Gasteiger partial charge in [-0.1, -0.05) is 11.6 Å². The smallest absolute Gasteiger partial charge is 0.138 e. The maximum atomic E-state index is 9.78. The molecule has 0 fully saturated rings. The molecule has 1 N–H and O–H groups in total. The molecule has 18 heavy (non-hydrogen) atoms. The Morgan fingerprint density at radius 2 is 2.28 bits per heavy atom. The molecule has 0 saturated carbocycles. The van der Waals surface area contributed by atoms with Gasteiger partial charge in [-0.05, 0) is 31.5 Å². The van der Waals surface area contributed by atoms with Crippen LogP contribution in [0.3, 0.4) is 0 Å². The fraction of sp³-hybridized carbons (Fsp3) is 0.462. The van der Waals surface area contributed by atoms with Crippen molar-refractivity contribution in [3.8, 4) is 0 Å². The molecule has 4 nitrogen and oxygen atoms in total. The Morgan fingerprint density at radius 3 is 2.94 bits per heavy atom. The molecule has 0 saturated heterocycles. The molecule has 5 heteroatoms. The fourth-order valence-corrected chi connectivity index (χ4v) is 2.21. The Kier molecular flexibility index (Phi) is 4.22. The summed E-state index contributed by atoms with van der Waals surface area (Å²) in [7, 11) is 1.68. The Balaban J connectivity index is 2.42. The second kappa shape index (κ2) is 5.69. The first-order valence-electron chi connectivity index (χ1n) is 5.96. The molecular weight excluding hydrogens is 252 g/mol. The van der Waals surface area contributed by atoms with Crippen molar-refractivity contribution < 1.29 is 9.84 Å². The molecule has 0 radical (unpaired) electrons. The van der Waals surface area contributed by atoms with Crippen molar-refractivity contribution in [1.29, 1.82) is 0 Å². The van der Waals surface area contributed by atoms with Crippen LogP contribution in [0.4, 0.5) is 0 Å². The lowest BCUT2D eigenvalue weighted by molar-refractivity contribution is 0.175. The quantitative estimate of drug-likeness (QED) is 0.849. The number of imidazole rings is 1. The van der Waals surface area contributed by atoms with Crippen LogP contribution in [0.1, 0.15) is 25.3 Å². The molecule has 1 aromatic carbocycles. The lowest BCUT2D eigenvalue weighted by atomic mass is 10.3. The lowest BCUT2D eigenvalue weighted by Gasteiger charge is -2.10. The highest BCUT2D eigenvalue weighted by molar-refractivity contribution is 6.31. The molecule has 0 aliphatic rings. The van der Waals surface area contributed by atoms with Crippen LogP contribution in [0.2, 0.25) is 5.02 Å². The molecule has 0 spiro atoms. The highest BCUT2D eigenvalue weighted by atomic mass is 35.5. The fourth-order valence-electron chi connectivity index (χ4n) is 2.04. The van der Waals surface area contributed by atoms with Crippen LogP contribution in [0.25, 0.3) is 11.0 Å². The normalized spacial score (nSPS) is 13.1. The number of hydrogen-bond donors (Lipinski definition) is 1. The van der Waals surface area contributed by atoms with Crippen molar-refractivity contribution >= 4 is 22.6 Å². The van der Waals surface area contributed by atoms with Crippen molar-refractivity contribution in [2.45, 2.75) is 26.0 Å². The molecule has 0 aliphatic carbocycles. The van der Waals surface area contributed by atoms with Gasteiger partial charge in [-0.3, -0.25) is 0 Å². The van der Waals surface area contributed by atoms with Gasteiger partial charge in [0.15, 0.2) is 0 Å². The number of rotatable bonds is 5. The van der Waals surface area contributed by atoms with Crippen LogP contribution in [0.5, 0.6) is 0 Å². The van der Waals surface area contributed by atoms with Gasteiger partial charge in [-0.15, -0.1) is 0 Å². The number of ether oxygens (including phenoxy) is 1. The minimum atomic E-state index is -0.598. The predicted octanol–water partition coefficient (Wildman–Crippen LogP) is 2.78. The van der Waals surface area contributed by atoms with Crippen LogP contribution < -0.4 is 0 Å². The van der Waals surface area contributed by atoms with Crippen molar-refractivity contribution in [2.75, 3.05) is 13.7 Å². The Morgan fingerprint density at radius 1 is 1.50 bits per heavy atom. The Hall–Kier alpha value is -1.10. The summed E-state index contributed by atoms with van der Waals surface area (Å²) < 4.78 is 7.08. The van der Waals surface area contributed by atoms with Gasteiger partial charge in [0.05, 0.1) is 11.0 Å². The summed E-state index contributed by atoms with van der Waals surface area (Å²) in [6.45, 7) is 3.17. The summed E-state index contributed by atoms with van der Waals surface area (Å²) in [5, 5.41) is 10.4. The highest BCUT2D eigenvalue weighted by Crippen LogP contribution is 2.24. The second-order valence-electron chi connectivity index (χ2n) is 4.28. The van der Waals surface area contributed by atoms with Gasteiger partial charge in [0, 0.05) is 25.3 Å². The molecule has 2 aromatic rings. The summed E-state index contributed by atoms with van der Waals surface area (Å²) in [4.78, 5) is 4.44. The number of benzene rings is 1. The molecule has 1 atom stereocenters. The van der Waals surface area contributed by atoms with E-state index in [0.717, 1.165) is 24.0 Å². The molecule has 1 heterocycles. The van der Waals surface area contributed by atoms with Gasteiger partial charge < -0.3 is 14.4 Å². The predicted molar refractivity (Wildman–Crippen MR) is 71.9 cm³/mol. The summed E-state index contributed by atoms with van der Waals surface area (Å²) in [6.07, 6.45) is 0.281. The molecule has 2 rings (SSSR count). The van der Waals surface area contributed by atoms with E-state index in [1.54, 1.807) is 14.0 Å². The monoisotopic (exact) mass is 268 g/mol. The lowest BCUT2D eigenvalue weighted by Crippen LogP contribution is -2.08. The summed E-state index contributed by atoms with van der Waals surface area (Å²) in [6, 6.07) is 5.59. The maximum Gasteiger partial charge on any atom is 0.138 e. The van der Waals surface area contributed by atoms with E-state index in [4.69, 9.17) is 16.3 Å². The van der Waals surface area contributed by atoms with Gasteiger partial charge in [0.25, 0.3) is 0 Å². The molecule has 0 bridgehead atoms. The minimum Gasteiger partial charge on any atom is -0.385 e. The zero-order chi connectivity index (χ0) is 13.1. The van der Waals surface area contributed by atoms with Crippen LogP contribution in [0.15, 0.2) is 18.2 Å². The molecule has 0 amide bonds. The SMILES string of the molecule is COCCCn1c(C(C)O)nc2cc(Cl)ccc21. The number of aliphatic hydroxyl groups is 1. The minimum absolute atomic E-state index is 0.598. The van der Waals surface area contributed by atoms with Gasteiger partial charge in [0.1, 0.15) is 11.9 Å². The number of aryl methyl sites for hydroxylation is 1. The van der Waals surface area contributed by atoms with Crippen molar-refractivity contribution in [1.82, 2.24) is 9.55 Å². The maximum absolute atomic E-state index is 9.78. The van der Waals surface area contributed by atoms with E-state index in [9.17, 15) is 5.11 Å². The van der Waals surface area contributed by atoms with Crippen LogP contribution in [-0.4, -0.2) is 28.4 Å². The van der Waals surface area contributed by atoms with E-state index in [1.165, 1.54) is 0 Å². The topological polar surface area (TPSA) is 47.3 Å². The Labute approximate surface area is 111 Å². The van der Waals surface area contributed by atoms with Crippen LogP contribution in [0, 0.1) is 0 Å². The van der Waals surface area contributed by atoms with Crippen molar-refractivity contribution in [3.05, 3.63) is 29.0 Å². The molecule has 0 aliphatic heterocycles. The van der Waals surface area contributed by atoms with Gasteiger partial charge >= 0.3 is 0 Å². The molecule has 1 unspecified atom stereocenters. The first kappa shape index (κ1) is 13.3. The van der Waals surface area contributed by atoms with Crippen molar-refractivity contribution in [2.24, 2.45) is 0 Å². The first-order valence-corrected chi connectivity index (χ1v) is 6.34. The highest BCUT2D eigenvalue weighted by Gasteiger charge is 2.14. The van der Waals surface area contributed by atoms with Gasteiger partial charge in [-0.2, -0.15) is 0 Å². The number of fused-ring (bicyclic) bond motifs is 1. The van der Waals surface area contributed by atoms with E-state index in [0.29, 0.717) is 17.5 Å². The standard InChI is InChI=1S/C13H17ClN2O2/c1-9(17)13-15-11-8-10(14)4-5-12(11)16(13)6-3-7-18-2/h4-5,8-9,17H,3,6-7H2,1-2H3. The summed E-state index contributed by atoms with van der Waals surface area (Å²) in [5.74, 6) is 0.670. The van der Waals surface area contributed by atoms with Crippen molar-refractivity contribution in [3.63, 3.8) is 0 Å². The number of aromatic nitrogens is 2. The number of hydrogen-bond acceptors (Lipinski definition) is 3. The van der Waals surface area contributed by atoms with Gasteiger partial charge in [-0.25, -0.2) is 4.98 Å². The molecular formula is C13H17ClN2O2. The number of aliphatic hydroxyl groups excluding tert-OH is 1. The average Bonchev–Trinajstić information content (AvgIpc) is 2.68. The number of halogens is 1. The van der Waals surface area contributed by atoms with E-state index >= 15 is 0 Å². The number of methoxy groups -OCH3 is 1. The average molecular weight is 269 g/mol. The largest absolute Gasteiger partial charge is 0.385 e. The van der Waals surface area contributed by atoms with E-state index in [1.807, 2.05) is 22.8 Å². The molecule has 1 aromatic heterocycles. The first-order chi connectivity index (χ1) is 8.63. The van der Waals surface area contributed by atoms with E-state index < -0.39 is 6.10 Å². The summed E-state index contributed by atoms with van der Waals surface area (Å²) >= 11 is 5.95. The van der Waals surface area contributed by atoms with E-state index in [2.05, 4.69) is 4.98 Å². The third kappa shape index (κ3) is 2.66. The van der Waals surface area contributed by atoms with Crippen LogP contribution in [-0.2, 0) is 11.3 Å². The third-order valence-corrected chi connectivity index (χ3v) is 3.08. The second-order valence-corrected chi connectivity index (χ2v) is 4.71. The van der Waals surface area contributed by atoms with Crippen LogP contribution >= 0.6 is 11.6 Å². The summed E-state index contributed by atoms with van der Waals surface area (Å²) in [5.41, 5.74) is 1.81. The zero-order valence-electron chi connectivity index (χ0n) is 10.6. The Bertz CT molecular complexity index is 537. The van der Waals surface area contributed by atoms with E-state index in [-0.39, 0.29) is 0 Å².